The molecule has 0 fully saturated rings. The van der Waals surface area contributed by atoms with Crippen LogP contribution in [0.2, 0.25) is 0 Å². The minimum atomic E-state index is 0.591. The number of rotatable bonds is 2. The summed E-state index contributed by atoms with van der Waals surface area (Å²) in [5, 5.41) is 3.41. The van der Waals surface area contributed by atoms with Gasteiger partial charge >= 0.3 is 0 Å². The van der Waals surface area contributed by atoms with Crippen molar-refractivity contribution in [3.63, 3.8) is 0 Å². The summed E-state index contributed by atoms with van der Waals surface area (Å²) in [7, 11) is 1.59. The molecule has 0 saturated heterocycles. The van der Waals surface area contributed by atoms with E-state index in [-0.39, 0.29) is 0 Å². The maximum Gasteiger partial charge on any atom is 0.118 e. The van der Waals surface area contributed by atoms with Crippen LogP contribution in [0.4, 0.5) is 5.69 Å². The first-order valence-corrected chi connectivity index (χ1v) is 3.06. The van der Waals surface area contributed by atoms with E-state index < -0.39 is 0 Å². The summed E-state index contributed by atoms with van der Waals surface area (Å²) in [4.78, 5) is 2.65. The zero-order valence-corrected chi connectivity index (χ0v) is 6.06. The van der Waals surface area contributed by atoms with E-state index in [1.54, 1.807) is 31.4 Å². The molecule has 0 radical (unpaired) electrons. The third kappa shape index (κ3) is 1.88. The Bertz CT molecular complexity index is 274. The predicted molar refractivity (Wildman–Crippen MR) is 41.8 cm³/mol. The molecule has 0 atom stereocenters. The second kappa shape index (κ2) is 3.49. The minimum absolute atomic E-state index is 0.591. The molecule has 0 bridgehead atoms. The Hall–Kier alpha value is -1.67. The summed E-state index contributed by atoms with van der Waals surface area (Å²) in [6.07, 6.45) is 0. The van der Waals surface area contributed by atoms with E-state index in [0.717, 1.165) is 5.75 Å². The molecule has 4 heteroatoms. The lowest BCUT2D eigenvalue weighted by Crippen LogP contribution is -1.79. The summed E-state index contributed by atoms with van der Waals surface area (Å²) in [6.45, 7) is 0. The fourth-order valence-corrected chi connectivity index (χ4v) is 0.701. The highest BCUT2D eigenvalue weighted by Gasteiger charge is 1.88. The highest BCUT2D eigenvalue weighted by atomic mass is 16.5. The molecule has 0 unspecified atom stereocenters. The standard InChI is InChI=1S/C7H7N3O/c1-11-7-4-2-6(3-5-7)9-10-8/h2-5H,1H3. The molecule has 0 aliphatic rings. The number of hydrogen-bond donors (Lipinski definition) is 0. The molecular formula is C7H7N3O. The van der Waals surface area contributed by atoms with E-state index in [1.807, 2.05) is 0 Å². The molecule has 1 aromatic carbocycles. The van der Waals surface area contributed by atoms with Crippen molar-refractivity contribution in [2.24, 2.45) is 5.11 Å². The molecule has 1 rings (SSSR count). The zero-order valence-electron chi connectivity index (χ0n) is 6.06. The fraction of sp³-hybridized carbons (Fsp3) is 0.143. The molecule has 1 aromatic rings. The van der Waals surface area contributed by atoms with Gasteiger partial charge in [-0.2, -0.15) is 0 Å². The van der Waals surface area contributed by atoms with Crippen LogP contribution in [-0.2, 0) is 0 Å². The molecule has 56 valence electrons. The molecule has 0 saturated carbocycles. The normalized spacial score (nSPS) is 8.45. The Kier molecular flexibility index (Phi) is 2.36. The van der Waals surface area contributed by atoms with Crippen molar-refractivity contribution in [3.8, 4) is 5.75 Å². The topological polar surface area (TPSA) is 58.0 Å². The van der Waals surface area contributed by atoms with Crippen LogP contribution in [0.25, 0.3) is 10.4 Å². The van der Waals surface area contributed by atoms with Gasteiger partial charge in [-0.3, -0.25) is 0 Å². The van der Waals surface area contributed by atoms with Crippen molar-refractivity contribution in [1.29, 1.82) is 0 Å². The third-order valence-electron chi connectivity index (χ3n) is 1.23. The van der Waals surface area contributed by atoms with E-state index >= 15 is 0 Å². The number of azide groups is 1. The Morgan fingerprint density at radius 3 is 2.45 bits per heavy atom. The van der Waals surface area contributed by atoms with Crippen molar-refractivity contribution < 1.29 is 4.74 Å². The summed E-state index contributed by atoms with van der Waals surface area (Å²) < 4.78 is 4.91. The first-order chi connectivity index (χ1) is 5.36. The second-order valence-corrected chi connectivity index (χ2v) is 1.89. The average molecular weight is 149 g/mol. The lowest BCUT2D eigenvalue weighted by molar-refractivity contribution is 0.415. The first kappa shape index (κ1) is 7.44. The molecule has 0 aliphatic carbocycles. The van der Waals surface area contributed by atoms with Crippen LogP contribution in [0, 0.1) is 0 Å². The van der Waals surface area contributed by atoms with Crippen molar-refractivity contribution in [3.05, 3.63) is 34.7 Å². The van der Waals surface area contributed by atoms with Gasteiger partial charge in [-0.25, -0.2) is 0 Å². The van der Waals surface area contributed by atoms with E-state index in [4.69, 9.17) is 10.3 Å². The molecule has 0 N–H and O–H groups in total. The van der Waals surface area contributed by atoms with Crippen LogP contribution < -0.4 is 4.74 Å². The fourth-order valence-electron chi connectivity index (χ4n) is 0.701. The summed E-state index contributed by atoms with van der Waals surface area (Å²) in [5.74, 6) is 0.752. The van der Waals surface area contributed by atoms with Crippen LogP contribution in [0.3, 0.4) is 0 Å². The molecule has 11 heavy (non-hydrogen) atoms. The van der Waals surface area contributed by atoms with E-state index in [2.05, 4.69) is 10.0 Å². The number of nitrogens with zero attached hydrogens (tertiary/aromatic N) is 3. The molecule has 0 amide bonds. The van der Waals surface area contributed by atoms with Gasteiger partial charge in [0.15, 0.2) is 0 Å². The highest BCUT2D eigenvalue weighted by molar-refractivity contribution is 5.40. The van der Waals surface area contributed by atoms with E-state index in [9.17, 15) is 0 Å². The maximum absolute atomic E-state index is 8.07. The van der Waals surface area contributed by atoms with Gasteiger partial charge in [-0.15, -0.1) is 0 Å². The third-order valence-corrected chi connectivity index (χ3v) is 1.23. The molecule has 0 aliphatic heterocycles. The molecule has 0 heterocycles. The Morgan fingerprint density at radius 1 is 1.36 bits per heavy atom. The SMILES string of the molecule is COc1ccc(N=[N+]=[N-])cc1. The lowest BCUT2D eigenvalue weighted by Gasteiger charge is -1.97. The smallest absolute Gasteiger partial charge is 0.118 e. The Balaban J connectivity index is 2.91. The number of hydrogen-bond acceptors (Lipinski definition) is 2. The van der Waals surface area contributed by atoms with E-state index in [1.165, 1.54) is 0 Å². The van der Waals surface area contributed by atoms with Gasteiger partial charge in [-0.1, -0.05) is 5.11 Å². The maximum atomic E-state index is 8.07. The first-order valence-electron chi connectivity index (χ1n) is 3.06. The van der Waals surface area contributed by atoms with Crippen LogP contribution >= 0.6 is 0 Å². The van der Waals surface area contributed by atoms with Gasteiger partial charge < -0.3 is 4.74 Å². The van der Waals surface area contributed by atoms with Crippen LogP contribution in [0.1, 0.15) is 0 Å². The predicted octanol–water partition coefficient (Wildman–Crippen LogP) is 2.64. The lowest BCUT2D eigenvalue weighted by atomic mass is 10.3. The van der Waals surface area contributed by atoms with Crippen LogP contribution in [-0.4, -0.2) is 7.11 Å². The molecule has 0 spiro atoms. The summed E-state index contributed by atoms with van der Waals surface area (Å²) >= 11 is 0. The summed E-state index contributed by atoms with van der Waals surface area (Å²) in [6, 6.07) is 6.87. The Labute approximate surface area is 64.0 Å². The van der Waals surface area contributed by atoms with Gasteiger partial charge in [0.25, 0.3) is 0 Å². The molecule has 4 nitrogen and oxygen atoms in total. The largest absolute Gasteiger partial charge is 0.497 e. The quantitative estimate of drug-likeness (QED) is 0.362. The van der Waals surface area contributed by atoms with Crippen LogP contribution in [0.5, 0.6) is 5.75 Å². The highest BCUT2D eigenvalue weighted by Crippen LogP contribution is 2.17. The van der Waals surface area contributed by atoms with Crippen molar-refractivity contribution in [2.45, 2.75) is 0 Å². The van der Waals surface area contributed by atoms with E-state index in [0.29, 0.717) is 5.69 Å². The summed E-state index contributed by atoms with van der Waals surface area (Å²) in [5.41, 5.74) is 8.66. The second-order valence-electron chi connectivity index (χ2n) is 1.89. The molecule has 0 aromatic heterocycles. The van der Waals surface area contributed by atoms with Gasteiger partial charge in [0, 0.05) is 10.6 Å². The van der Waals surface area contributed by atoms with Gasteiger partial charge in [0.1, 0.15) is 5.75 Å². The number of benzene rings is 1. The van der Waals surface area contributed by atoms with Crippen molar-refractivity contribution in [1.82, 2.24) is 0 Å². The molecular weight excluding hydrogens is 142 g/mol. The van der Waals surface area contributed by atoms with Crippen molar-refractivity contribution in [2.75, 3.05) is 7.11 Å². The zero-order chi connectivity index (χ0) is 8.10. The van der Waals surface area contributed by atoms with Gasteiger partial charge in [-0.05, 0) is 29.8 Å². The number of methoxy groups -OCH3 is 1. The Morgan fingerprint density at radius 2 is 2.00 bits per heavy atom. The monoisotopic (exact) mass is 149 g/mol. The average Bonchev–Trinajstić information content (AvgIpc) is 2.07. The van der Waals surface area contributed by atoms with Gasteiger partial charge in [0.05, 0.1) is 7.11 Å². The minimum Gasteiger partial charge on any atom is -0.497 e. The van der Waals surface area contributed by atoms with Gasteiger partial charge in [0.2, 0.25) is 0 Å². The number of ether oxygens (including phenoxy) is 1. The van der Waals surface area contributed by atoms with Crippen LogP contribution in [0.15, 0.2) is 29.4 Å². The van der Waals surface area contributed by atoms with Crippen molar-refractivity contribution >= 4 is 5.69 Å².